The van der Waals surface area contributed by atoms with Crippen molar-refractivity contribution in [3.8, 4) is 11.4 Å². The minimum absolute atomic E-state index is 0.0157. The van der Waals surface area contributed by atoms with Gasteiger partial charge in [-0.2, -0.15) is 5.10 Å². The molecule has 1 unspecified atom stereocenters. The number of benzene rings is 1. The monoisotopic (exact) mass is 409 g/mol. The standard InChI is InChI=1S/C22H24FN5O2/c1-12-18(13(2)28-27-12)11-24-21(29)15-5-9-17-19(10-6-15)25-20(26-22(17)30)14-3-7-16(23)8-4-14/h3-4,7-8,15H,5-6,9-11H2,1-2H3,(H,24,29)(H,27,28)(H,25,26,30). The maximum Gasteiger partial charge on any atom is 0.254 e. The van der Waals surface area contributed by atoms with Crippen molar-refractivity contribution in [1.82, 2.24) is 25.5 Å². The summed E-state index contributed by atoms with van der Waals surface area (Å²) in [5.41, 5.74) is 4.65. The molecule has 156 valence electrons. The number of aryl methyl sites for hydroxylation is 3. The summed E-state index contributed by atoms with van der Waals surface area (Å²) in [6, 6.07) is 5.86. The molecule has 0 spiro atoms. The number of aromatic nitrogens is 4. The maximum absolute atomic E-state index is 13.2. The molecule has 1 aliphatic rings. The molecule has 0 aliphatic heterocycles. The summed E-state index contributed by atoms with van der Waals surface area (Å²) in [7, 11) is 0. The predicted octanol–water partition coefficient (Wildman–Crippen LogP) is 2.73. The van der Waals surface area contributed by atoms with E-state index in [-0.39, 0.29) is 23.2 Å². The Morgan fingerprint density at radius 1 is 1.20 bits per heavy atom. The van der Waals surface area contributed by atoms with Crippen LogP contribution in [0.3, 0.4) is 0 Å². The van der Waals surface area contributed by atoms with E-state index in [0.29, 0.717) is 49.2 Å². The van der Waals surface area contributed by atoms with E-state index in [9.17, 15) is 14.0 Å². The lowest BCUT2D eigenvalue weighted by molar-refractivity contribution is -0.125. The first-order valence-corrected chi connectivity index (χ1v) is 10.1. The van der Waals surface area contributed by atoms with Gasteiger partial charge in [-0.15, -0.1) is 0 Å². The van der Waals surface area contributed by atoms with E-state index in [1.54, 1.807) is 12.1 Å². The van der Waals surface area contributed by atoms with Gasteiger partial charge >= 0.3 is 0 Å². The van der Waals surface area contributed by atoms with Gasteiger partial charge in [0.1, 0.15) is 11.6 Å². The van der Waals surface area contributed by atoms with Gasteiger partial charge in [0, 0.05) is 34.8 Å². The fraction of sp³-hybridized carbons (Fsp3) is 0.364. The van der Waals surface area contributed by atoms with Crippen LogP contribution in [0.5, 0.6) is 0 Å². The highest BCUT2D eigenvalue weighted by Gasteiger charge is 2.25. The second-order valence-corrected chi connectivity index (χ2v) is 7.75. The quantitative estimate of drug-likeness (QED) is 0.577. The lowest BCUT2D eigenvalue weighted by atomic mass is 9.98. The van der Waals surface area contributed by atoms with E-state index in [4.69, 9.17) is 0 Å². The molecular formula is C22H24FN5O2. The molecule has 3 N–H and O–H groups in total. The average molecular weight is 409 g/mol. The van der Waals surface area contributed by atoms with Crippen molar-refractivity contribution >= 4 is 5.91 Å². The third-order valence-corrected chi connectivity index (χ3v) is 5.78. The number of H-pyrrole nitrogens is 2. The van der Waals surface area contributed by atoms with Crippen molar-refractivity contribution in [2.45, 2.75) is 46.1 Å². The molecule has 1 aliphatic carbocycles. The minimum atomic E-state index is -0.342. The summed E-state index contributed by atoms with van der Waals surface area (Å²) in [6.07, 6.45) is 2.28. The molecule has 8 heteroatoms. The van der Waals surface area contributed by atoms with Crippen LogP contribution in [-0.4, -0.2) is 26.1 Å². The number of hydrogen-bond donors (Lipinski definition) is 3. The van der Waals surface area contributed by atoms with Crippen LogP contribution >= 0.6 is 0 Å². The van der Waals surface area contributed by atoms with Crippen molar-refractivity contribution in [3.63, 3.8) is 0 Å². The van der Waals surface area contributed by atoms with Crippen LogP contribution in [-0.2, 0) is 24.2 Å². The Bertz CT molecular complexity index is 1110. The van der Waals surface area contributed by atoms with Crippen LogP contribution in [0.15, 0.2) is 29.1 Å². The van der Waals surface area contributed by atoms with Gasteiger partial charge in [-0.05, 0) is 63.8 Å². The fourth-order valence-electron chi connectivity index (χ4n) is 3.94. The second kappa shape index (κ2) is 8.22. The van der Waals surface area contributed by atoms with Crippen LogP contribution in [0.1, 0.15) is 41.1 Å². The number of halogens is 1. The van der Waals surface area contributed by atoms with Crippen LogP contribution in [0.2, 0.25) is 0 Å². The highest BCUT2D eigenvalue weighted by Crippen LogP contribution is 2.24. The SMILES string of the molecule is Cc1n[nH]c(C)c1CNC(=O)C1CCc2nc(-c3ccc(F)cc3)[nH]c(=O)c2CC1. The Morgan fingerprint density at radius 3 is 2.63 bits per heavy atom. The second-order valence-electron chi connectivity index (χ2n) is 7.75. The predicted molar refractivity (Wildman–Crippen MR) is 110 cm³/mol. The zero-order chi connectivity index (χ0) is 21.3. The first kappa shape index (κ1) is 20.0. The summed E-state index contributed by atoms with van der Waals surface area (Å²) in [5.74, 6) is -0.114. The minimum Gasteiger partial charge on any atom is -0.352 e. The largest absolute Gasteiger partial charge is 0.352 e. The average Bonchev–Trinajstić information content (AvgIpc) is 2.92. The molecule has 30 heavy (non-hydrogen) atoms. The first-order chi connectivity index (χ1) is 14.4. The molecule has 7 nitrogen and oxygen atoms in total. The Hall–Kier alpha value is -3.29. The van der Waals surface area contributed by atoms with Crippen molar-refractivity contribution in [2.24, 2.45) is 5.92 Å². The maximum atomic E-state index is 13.2. The summed E-state index contributed by atoms with van der Waals surface area (Å²) in [4.78, 5) is 32.8. The molecule has 2 aromatic heterocycles. The normalized spacial score (nSPS) is 16.0. The molecule has 1 atom stereocenters. The number of hydrogen-bond acceptors (Lipinski definition) is 4. The lowest BCUT2D eigenvalue weighted by Gasteiger charge is -2.14. The van der Waals surface area contributed by atoms with Gasteiger partial charge in [-0.3, -0.25) is 14.7 Å². The molecule has 0 bridgehead atoms. The molecule has 0 radical (unpaired) electrons. The van der Waals surface area contributed by atoms with E-state index in [0.717, 1.165) is 22.6 Å². The Morgan fingerprint density at radius 2 is 1.93 bits per heavy atom. The topological polar surface area (TPSA) is 104 Å². The Balaban J connectivity index is 1.47. The summed E-state index contributed by atoms with van der Waals surface area (Å²) < 4.78 is 13.2. The van der Waals surface area contributed by atoms with E-state index in [1.807, 2.05) is 13.8 Å². The number of rotatable bonds is 4. The van der Waals surface area contributed by atoms with Gasteiger partial charge in [0.2, 0.25) is 5.91 Å². The smallest absolute Gasteiger partial charge is 0.254 e. The molecule has 3 aromatic rings. The van der Waals surface area contributed by atoms with Gasteiger partial charge in [0.25, 0.3) is 5.56 Å². The zero-order valence-corrected chi connectivity index (χ0v) is 17.0. The number of nitrogens with one attached hydrogen (secondary N) is 3. The number of carbonyl (C=O) groups excluding carboxylic acids is 1. The van der Waals surface area contributed by atoms with Crippen molar-refractivity contribution in [2.75, 3.05) is 0 Å². The molecule has 1 aromatic carbocycles. The van der Waals surface area contributed by atoms with Gasteiger partial charge in [-0.25, -0.2) is 9.37 Å². The third-order valence-electron chi connectivity index (χ3n) is 5.78. The van der Waals surface area contributed by atoms with Gasteiger partial charge in [0.15, 0.2) is 0 Å². The van der Waals surface area contributed by atoms with Crippen molar-refractivity contribution < 1.29 is 9.18 Å². The van der Waals surface area contributed by atoms with Crippen LogP contribution in [0.4, 0.5) is 4.39 Å². The molecule has 2 heterocycles. The third kappa shape index (κ3) is 4.03. The van der Waals surface area contributed by atoms with Gasteiger partial charge in [-0.1, -0.05) is 0 Å². The van der Waals surface area contributed by atoms with E-state index in [1.165, 1.54) is 12.1 Å². The molecule has 0 saturated heterocycles. The number of amides is 1. The number of fused-ring (bicyclic) bond motifs is 1. The summed E-state index contributed by atoms with van der Waals surface area (Å²) >= 11 is 0. The zero-order valence-electron chi connectivity index (χ0n) is 17.0. The Labute approximate surface area is 173 Å². The lowest BCUT2D eigenvalue weighted by Crippen LogP contribution is -2.30. The van der Waals surface area contributed by atoms with Gasteiger partial charge in [0.05, 0.1) is 11.4 Å². The molecule has 0 fully saturated rings. The van der Waals surface area contributed by atoms with Crippen molar-refractivity contribution in [3.05, 3.63) is 68.6 Å². The number of aromatic amines is 2. The first-order valence-electron chi connectivity index (χ1n) is 10.1. The highest BCUT2D eigenvalue weighted by molar-refractivity contribution is 5.78. The molecular weight excluding hydrogens is 385 g/mol. The molecule has 1 amide bonds. The molecule has 4 rings (SSSR count). The number of carbonyl (C=O) groups is 1. The van der Waals surface area contributed by atoms with E-state index in [2.05, 4.69) is 25.5 Å². The fourth-order valence-corrected chi connectivity index (χ4v) is 3.94. The Kier molecular flexibility index (Phi) is 5.48. The van der Waals surface area contributed by atoms with E-state index < -0.39 is 0 Å². The molecule has 0 saturated carbocycles. The van der Waals surface area contributed by atoms with Crippen LogP contribution < -0.4 is 10.9 Å². The number of nitrogens with zero attached hydrogens (tertiary/aromatic N) is 2. The van der Waals surface area contributed by atoms with Crippen molar-refractivity contribution in [1.29, 1.82) is 0 Å². The van der Waals surface area contributed by atoms with Crippen LogP contribution in [0.25, 0.3) is 11.4 Å². The summed E-state index contributed by atoms with van der Waals surface area (Å²) in [6.45, 7) is 4.27. The van der Waals surface area contributed by atoms with E-state index >= 15 is 0 Å². The summed E-state index contributed by atoms with van der Waals surface area (Å²) in [5, 5.41) is 10.1. The van der Waals surface area contributed by atoms with Crippen LogP contribution in [0, 0.1) is 25.6 Å². The highest BCUT2D eigenvalue weighted by atomic mass is 19.1. The van der Waals surface area contributed by atoms with Gasteiger partial charge < -0.3 is 10.3 Å².